The highest BCUT2D eigenvalue weighted by molar-refractivity contribution is 8.00. The van der Waals surface area contributed by atoms with Crippen molar-refractivity contribution >= 4 is 40.6 Å². The lowest BCUT2D eigenvalue weighted by Crippen LogP contribution is -2.15. The summed E-state index contributed by atoms with van der Waals surface area (Å²) in [5, 5.41) is 16.5. The molecule has 0 spiro atoms. The Morgan fingerprint density at radius 1 is 1.03 bits per heavy atom. The van der Waals surface area contributed by atoms with Gasteiger partial charge >= 0.3 is 0 Å². The number of thioether (sulfide) groups is 1. The maximum atomic E-state index is 12.5. The Morgan fingerprint density at radius 3 is 2.56 bits per heavy atom. The Bertz CT molecular complexity index is 1170. The van der Waals surface area contributed by atoms with Gasteiger partial charge in [-0.2, -0.15) is 0 Å². The van der Waals surface area contributed by atoms with Gasteiger partial charge in [0.05, 0.1) is 23.5 Å². The molecule has 0 saturated heterocycles. The van der Waals surface area contributed by atoms with Crippen LogP contribution in [0, 0.1) is 17.0 Å². The molecule has 0 aliphatic rings. The van der Waals surface area contributed by atoms with Crippen molar-refractivity contribution < 1.29 is 19.2 Å². The molecule has 32 heavy (non-hydrogen) atoms. The number of hydrogen-bond donors (Lipinski definition) is 2. The number of non-ortho nitro benzene ring substituents is 1. The Hall–Kier alpha value is -3.85. The molecule has 8 nitrogen and oxygen atoms in total. The molecule has 0 aliphatic carbocycles. The second-order valence-electron chi connectivity index (χ2n) is 6.81. The predicted molar refractivity (Wildman–Crippen MR) is 125 cm³/mol. The van der Waals surface area contributed by atoms with Crippen LogP contribution in [0.2, 0.25) is 0 Å². The lowest BCUT2D eigenvalue weighted by Gasteiger charge is -2.10. The minimum atomic E-state index is -0.505. The summed E-state index contributed by atoms with van der Waals surface area (Å²) in [5.41, 5.74) is 2.12. The first-order valence-corrected chi connectivity index (χ1v) is 10.6. The fraction of sp³-hybridized carbons (Fsp3) is 0.130. The van der Waals surface area contributed by atoms with Crippen molar-refractivity contribution in [2.24, 2.45) is 0 Å². The zero-order valence-electron chi connectivity index (χ0n) is 17.5. The lowest BCUT2D eigenvalue weighted by atomic mass is 10.2. The Morgan fingerprint density at radius 2 is 1.81 bits per heavy atom. The summed E-state index contributed by atoms with van der Waals surface area (Å²) >= 11 is 1.29. The number of aryl methyl sites for hydroxylation is 1. The molecule has 0 bridgehead atoms. The first kappa shape index (κ1) is 22.8. The SMILES string of the molecule is COc1cccc(C(=O)Nc2cccc(SCC(=O)Nc3cc([N+](=O)[O-])ccc3C)c2)c1. The molecule has 0 heterocycles. The van der Waals surface area contributed by atoms with Crippen LogP contribution in [0.3, 0.4) is 0 Å². The summed E-state index contributed by atoms with van der Waals surface area (Å²) in [6.07, 6.45) is 0. The zero-order chi connectivity index (χ0) is 23.1. The lowest BCUT2D eigenvalue weighted by molar-refractivity contribution is -0.384. The molecule has 3 rings (SSSR count). The molecule has 0 unspecified atom stereocenters. The number of nitrogens with one attached hydrogen (secondary N) is 2. The molecule has 0 fully saturated rings. The summed E-state index contributed by atoms with van der Waals surface area (Å²) in [7, 11) is 1.54. The maximum absolute atomic E-state index is 12.5. The van der Waals surface area contributed by atoms with Crippen molar-refractivity contribution in [1.29, 1.82) is 0 Å². The number of benzene rings is 3. The van der Waals surface area contributed by atoms with E-state index in [0.717, 1.165) is 10.5 Å². The molecule has 3 aromatic rings. The Kier molecular flexibility index (Phi) is 7.45. The van der Waals surface area contributed by atoms with Crippen molar-refractivity contribution in [2.75, 3.05) is 23.5 Å². The minimum Gasteiger partial charge on any atom is -0.497 e. The number of amides is 2. The van der Waals surface area contributed by atoms with E-state index in [4.69, 9.17) is 4.74 Å². The largest absolute Gasteiger partial charge is 0.497 e. The first-order valence-electron chi connectivity index (χ1n) is 9.59. The quantitative estimate of drug-likeness (QED) is 0.286. The molecule has 3 aromatic carbocycles. The number of nitro groups is 1. The molecule has 9 heteroatoms. The van der Waals surface area contributed by atoms with Gasteiger partial charge in [0.1, 0.15) is 5.75 Å². The van der Waals surface area contributed by atoms with Crippen molar-refractivity contribution in [2.45, 2.75) is 11.8 Å². The van der Waals surface area contributed by atoms with Gasteiger partial charge in [0, 0.05) is 28.3 Å². The van der Waals surface area contributed by atoms with Gasteiger partial charge in [0.15, 0.2) is 0 Å². The maximum Gasteiger partial charge on any atom is 0.271 e. The van der Waals surface area contributed by atoms with E-state index in [-0.39, 0.29) is 23.3 Å². The van der Waals surface area contributed by atoms with Gasteiger partial charge in [0.25, 0.3) is 11.6 Å². The van der Waals surface area contributed by atoms with Crippen LogP contribution in [0.15, 0.2) is 71.6 Å². The van der Waals surface area contributed by atoms with Crippen LogP contribution in [0.1, 0.15) is 15.9 Å². The second kappa shape index (κ2) is 10.5. The summed E-state index contributed by atoms with van der Waals surface area (Å²) < 4.78 is 5.14. The van der Waals surface area contributed by atoms with Gasteiger partial charge in [-0.25, -0.2) is 0 Å². The molecule has 0 radical (unpaired) electrons. The zero-order valence-corrected chi connectivity index (χ0v) is 18.3. The molecule has 0 aromatic heterocycles. The highest BCUT2D eigenvalue weighted by Crippen LogP contribution is 2.25. The third-order valence-corrected chi connectivity index (χ3v) is 5.49. The number of carbonyl (C=O) groups is 2. The Labute approximate surface area is 189 Å². The monoisotopic (exact) mass is 451 g/mol. The highest BCUT2D eigenvalue weighted by Gasteiger charge is 2.12. The van der Waals surface area contributed by atoms with E-state index in [2.05, 4.69) is 10.6 Å². The van der Waals surface area contributed by atoms with E-state index in [1.54, 1.807) is 55.5 Å². The van der Waals surface area contributed by atoms with Crippen LogP contribution in [0.4, 0.5) is 17.1 Å². The number of rotatable bonds is 8. The van der Waals surface area contributed by atoms with E-state index in [1.807, 2.05) is 6.07 Å². The minimum absolute atomic E-state index is 0.0852. The van der Waals surface area contributed by atoms with Crippen molar-refractivity contribution in [1.82, 2.24) is 0 Å². The summed E-state index contributed by atoms with van der Waals surface area (Å²) in [4.78, 5) is 36.1. The smallest absolute Gasteiger partial charge is 0.271 e. The van der Waals surface area contributed by atoms with Gasteiger partial charge in [-0.15, -0.1) is 11.8 Å². The van der Waals surface area contributed by atoms with Crippen molar-refractivity contribution in [3.05, 3.63) is 88.0 Å². The fourth-order valence-corrected chi connectivity index (χ4v) is 3.58. The van der Waals surface area contributed by atoms with Crippen LogP contribution < -0.4 is 15.4 Å². The highest BCUT2D eigenvalue weighted by atomic mass is 32.2. The summed E-state index contributed by atoms with van der Waals surface area (Å²) in [5.74, 6) is 0.136. The molecule has 2 amide bonds. The van der Waals surface area contributed by atoms with E-state index in [0.29, 0.717) is 22.7 Å². The number of carbonyl (C=O) groups excluding carboxylic acids is 2. The molecule has 164 valence electrons. The number of nitro benzene ring substituents is 1. The third-order valence-electron chi connectivity index (χ3n) is 4.50. The summed E-state index contributed by atoms with van der Waals surface area (Å²) in [6.45, 7) is 1.76. The number of ether oxygens (including phenoxy) is 1. The fourth-order valence-electron chi connectivity index (χ4n) is 2.82. The number of hydrogen-bond acceptors (Lipinski definition) is 6. The van der Waals surface area contributed by atoms with E-state index >= 15 is 0 Å². The molecule has 0 aliphatic heterocycles. The average molecular weight is 452 g/mol. The van der Waals surface area contributed by atoms with Gasteiger partial charge in [-0.05, 0) is 48.9 Å². The average Bonchev–Trinajstić information content (AvgIpc) is 2.79. The second-order valence-corrected chi connectivity index (χ2v) is 7.86. The van der Waals surface area contributed by atoms with Gasteiger partial charge < -0.3 is 15.4 Å². The first-order chi connectivity index (χ1) is 15.4. The van der Waals surface area contributed by atoms with Crippen LogP contribution in [-0.2, 0) is 4.79 Å². The van der Waals surface area contributed by atoms with Crippen LogP contribution in [0.5, 0.6) is 5.75 Å². The number of nitrogens with zero attached hydrogens (tertiary/aromatic N) is 1. The van der Waals surface area contributed by atoms with Gasteiger partial charge in [0.2, 0.25) is 5.91 Å². The van der Waals surface area contributed by atoms with Gasteiger partial charge in [-0.1, -0.05) is 18.2 Å². The van der Waals surface area contributed by atoms with E-state index in [9.17, 15) is 19.7 Å². The van der Waals surface area contributed by atoms with Crippen molar-refractivity contribution in [3.63, 3.8) is 0 Å². The molecular formula is C23H21N3O5S. The molecule has 0 atom stereocenters. The topological polar surface area (TPSA) is 111 Å². The standard InChI is InChI=1S/C23H21N3O5S/c1-15-9-10-18(26(29)30)13-21(15)25-22(27)14-32-20-8-4-6-17(12-20)24-23(28)16-5-3-7-19(11-16)31-2/h3-13H,14H2,1-2H3,(H,24,28)(H,25,27). The number of anilines is 2. The molecular weight excluding hydrogens is 430 g/mol. The molecule has 0 saturated carbocycles. The Balaban J connectivity index is 1.60. The van der Waals surface area contributed by atoms with Crippen molar-refractivity contribution in [3.8, 4) is 5.75 Å². The van der Waals surface area contributed by atoms with Crippen LogP contribution in [0.25, 0.3) is 0 Å². The number of methoxy groups -OCH3 is 1. The van der Waals surface area contributed by atoms with E-state index < -0.39 is 4.92 Å². The predicted octanol–water partition coefficient (Wildman–Crippen LogP) is 4.89. The third kappa shape index (κ3) is 6.08. The van der Waals surface area contributed by atoms with E-state index in [1.165, 1.54) is 31.0 Å². The summed E-state index contributed by atoms with van der Waals surface area (Å²) in [6, 6.07) is 18.3. The van der Waals surface area contributed by atoms with Crippen LogP contribution in [-0.4, -0.2) is 29.6 Å². The normalized spacial score (nSPS) is 10.3. The van der Waals surface area contributed by atoms with Crippen LogP contribution >= 0.6 is 11.8 Å². The molecule has 2 N–H and O–H groups in total. The van der Waals surface area contributed by atoms with Gasteiger partial charge in [-0.3, -0.25) is 19.7 Å².